The summed E-state index contributed by atoms with van der Waals surface area (Å²) < 4.78 is 14.1. The summed E-state index contributed by atoms with van der Waals surface area (Å²) in [5.41, 5.74) is 2.24. The van der Waals surface area contributed by atoms with E-state index in [0.717, 1.165) is 11.4 Å². The predicted octanol–water partition coefficient (Wildman–Crippen LogP) is 4.59. The molecule has 1 aliphatic rings. The van der Waals surface area contributed by atoms with Crippen LogP contribution in [0.25, 0.3) is 0 Å². The Hall–Kier alpha value is -2.84. The van der Waals surface area contributed by atoms with E-state index in [1.807, 2.05) is 59.1 Å². The van der Waals surface area contributed by atoms with Crippen molar-refractivity contribution in [1.29, 1.82) is 0 Å². The number of aromatic nitrogens is 2. The number of hydrogen-bond acceptors (Lipinski definition) is 6. The van der Waals surface area contributed by atoms with E-state index < -0.39 is 0 Å². The average Bonchev–Trinajstić information content (AvgIpc) is 2.82. The zero-order valence-electron chi connectivity index (χ0n) is 18.5. The van der Waals surface area contributed by atoms with Crippen LogP contribution in [0.15, 0.2) is 59.8 Å². The molecular formula is C24H25ClFN5OS. The highest BCUT2D eigenvalue weighted by atomic mass is 35.5. The first-order valence-electron chi connectivity index (χ1n) is 10.6. The lowest BCUT2D eigenvalue weighted by molar-refractivity contribution is 0.0746. The largest absolute Gasteiger partial charge is 0.366 e. The molecule has 33 heavy (non-hydrogen) atoms. The molecule has 0 spiro atoms. The Morgan fingerprint density at radius 2 is 1.82 bits per heavy atom. The van der Waals surface area contributed by atoms with E-state index in [4.69, 9.17) is 11.6 Å². The van der Waals surface area contributed by atoms with Gasteiger partial charge in [-0.25, -0.2) is 14.4 Å². The lowest BCUT2D eigenvalue weighted by Gasteiger charge is -2.36. The van der Waals surface area contributed by atoms with Crippen LogP contribution in [0.1, 0.15) is 15.9 Å². The molecule has 172 valence electrons. The van der Waals surface area contributed by atoms with E-state index in [2.05, 4.69) is 9.97 Å². The van der Waals surface area contributed by atoms with Gasteiger partial charge in [-0.05, 0) is 29.8 Å². The van der Waals surface area contributed by atoms with Crippen molar-refractivity contribution in [2.75, 3.05) is 50.1 Å². The fourth-order valence-electron chi connectivity index (χ4n) is 3.66. The molecule has 0 saturated carbocycles. The fraction of sp³-hybridized carbons (Fsp3) is 0.292. The third kappa shape index (κ3) is 5.75. The topological polar surface area (TPSA) is 52.6 Å². The van der Waals surface area contributed by atoms with Crippen molar-refractivity contribution < 1.29 is 9.18 Å². The van der Waals surface area contributed by atoms with Gasteiger partial charge in [0.25, 0.3) is 5.91 Å². The number of thioether (sulfide) groups is 1. The first-order valence-corrected chi connectivity index (χ1v) is 12.0. The summed E-state index contributed by atoms with van der Waals surface area (Å²) in [6, 6.07) is 16.1. The molecule has 1 aromatic heterocycles. The van der Waals surface area contributed by atoms with Crippen LogP contribution < -0.4 is 9.80 Å². The summed E-state index contributed by atoms with van der Waals surface area (Å²) in [4.78, 5) is 27.6. The molecule has 4 rings (SSSR count). The van der Waals surface area contributed by atoms with Crippen molar-refractivity contribution >= 4 is 40.8 Å². The van der Waals surface area contributed by atoms with Crippen LogP contribution in [0.2, 0.25) is 5.15 Å². The van der Waals surface area contributed by atoms with Gasteiger partial charge in [0, 0.05) is 57.7 Å². The monoisotopic (exact) mass is 485 g/mol. The molecule has 1 amide bonds. The lowest BCUT2D eigenvalue weighted by Crippen LogP contribution is -2.49. The number of amides is 1. The zero-order chi connectivity index (χ0) is 23.4. The number of para-hydroxylation sites is 1. The highest BCUT2D eigenvalue weighted by molar-refractivity contribution is 7.98. The Morgan fingerprint density at radius 3 is 2.55 bits per heavy atom. The van der Waals surface area contributed by atoms with Gasteiger partial charge in [0.15, 0.2) is 5.16 Å². The molecule has 0 aliphatic carbocycles. The SMILES string of the molecule is CN(C)c1cc(Cl)nc(SCc2cccc(C(=O)N3CCN(c4ccccc4F)CC3)c2)n1. The van der Waals surface area contributed by atoms with Gasteiger partial charge in [0.1, 0.15) is 16.8 Å². The number of benzene rings is 2. The quantitative estimate of drug-likeness (QED) is 0.289. The van der Waals surface area contributed by atoms with E-state index in [0.29, 0.717) is 53.5 Å². The normalized spacial score (nSPS) is 13.8. The summed E-state index contributed by atoms with van der Waals surface area (Å²) >= 11 is 7.60. The minimum absolute atomic E-state index is 0.0102. The van der Waals surface area contributed by atoms with E-state index in [9.17, 15) is 9.18 Å². The Bertz CT molecular complexity index is 1140. The van der Waals surface area contributed by atoms with Crippen molar-refractivity contribution in [1.82, 2.24) is 14.9 Å². The van der Waals surface area contributed by atoms with Crippen molar-refractivity contribution in [3.8, 4) is 0 Å². The molecule has 0 N–H and O–H groups in total. The van der Waals surface area contributed by atoms with Gasteiger partial charge in [-0.2, -0.15) is 0 Å². The molecule has 9 heteroatoms. The molecule has 1 fully saturated rings. The van der Waals surface area contributed by atoms with Crippen LogP contribution in [-0.4, -0.2) is 61.0 Å². The number of carbonyl (C=O) groups is 1. The number of halogens is 2. The fourth-order valence-corrected chi connectivity index (χ4v) is 4.69. The van der Waals surface area contributed by atoms with Gasteiger partial charge in [-0.1, -0.05) is 47.6 Å². The minimum atomic E-state index is -0.233. The second-order valence-corrected chi connectivity index (χ2v) is 9.28. The highest BCUT2D eigenvalue weighted by Crippen LogP contribution is 2.25. The third-order valence-electron chi connectivity index (χ3n) is 5.42. The number of nitrogens with zero attached hydrogens (tertiary/aromatic N) is 5. The lowest BCUT2D eigenvalue weighted by atomic mass is 10.1. The van der Waals surface area contributed by atoms with Crippen molar-refractivity contribution in [3.63, 3.8) is 0 Å². The van der Waals surface area contributed by atoms with E-state index >= 15 is 0 Å². The van der Waals surface area contributed by atoms with E-state index in [-0.39, 0.29) is 11.7 Å². The van der Waals surface area contributed by atoms with E-state index in [1.54, 1.807) is 18.2 Å². The summed E-state index contributed by atoms with van der Waals surface area (Å²) in [7, 11) is 3.80. The molecule has 1 aliphatic heterocycles. The molecular weight excluding hydrogens is 461 g/mol. The molecule has 3 aromatic rings. The average molecular weight is 486 g/mol. The van der Waals surface area contributed by atoms with Crippen LogP contribution >= 0.6 is 23.4 Å². The van der Waals surface area contributed by atoms with Gasteiger partial charge in [-0.15, -0.1) is 0 Å². The molecule has 0 atom stereocenters. The standard InChI is InChI=1S/C24H25ClFN5OS/c1-29(2)22-15-21(25)27-24(28-22)33-16-17-6-5-7-18(14-17)23(32)31-12-10-30(11-13-31)20-9-4-3-8-19(20)26/h3-9,14-15H,10-13,16H2,1-2H3. The molecule has 2 heterocycles. The first kappa shape index (κ1) is 23.3. The van der Waals surface area contributed by atoms with Crippen LogP contribution in [0, 0.1) is 5.82 Å². The summed E-state index contributed by atoms with van der Waals surface area (Å²) in [6.45, 7) is 2.30. The molecule has 1 saturated heterocycles. The molecule has 6 nitrogen and oxygen atoms in total. The number of piperazine rings is 1. The first-order chi connectivity index (χ1) is 15.9. The maximum atomic E-state index is 14.1. The predicted molar refractivity (Wildman–Crippen MR) is 132 cm³/mol. The van der Waals surface area contributed by atoms with E-state index in [1.165, 1.54) is 17.8 Å². The van der Waals surface area contributed by atoms with Crippen LogP contribution in [-0.2, 0) is 5.75 Å². The third-order valence-corrected chi connectivity index (χ3v) is 6.53. The van der Waals surface area contributed by atoms with Crippen molar-refractivity contribution in [2.45, 2.75) is 10.9 Å². The zero-order valence-corrected chi connectivity index (χ0v) is 20.1. The van der Waals surface area contributed by atoms with Gasteiger partial charge in [-0.3, -0.25) is 4.79 Å². The maximum absolute atomic E-state index is 14.1. The van der Waals surface area contributed by atoms with Gasteiger partial charge in [0.05, 0.1) is 5.69 Å². The maximum Gasteiger partial charge on any atom is 0.253 e. The molecule has 2 aromatic carbocycles. The Balaban J connectivity index is 1.38. The molecule has 0 bridgehead atoms. The Morgan fingerprint density at radius 1 is 1.06 bits per heavy atom. The smallest absolute Gasteiger partial charge is 0.253 e. The second kappa shape index (κ2) is 10.4. The molecule has 0 radical (unpaired) electrons. The highest BCUT2D eigenvalue weighted by Gasteiger charge is 2.23. The van der Waals surface area contributed by atoms with Crippen molar-refractivity contribution in [3.05, 3.63) is 76.7 Å². The van der Waals surface area contributed by atoms with Gasteiger partial charge < -0.3 is 14.7 Å². The van der Waals surface area contributed by atoms with Crippen molar-refractivity contribution in [2.24, 2.45) is 0 Å². The molecule has 0 unspecified atom stereocenters. The second-order valence-electron chi connectivity index (χ2n) is 7.95. The summed E-state index contributed by atoms with van der Waals surface area (Å²) in [5, 5.41) is 0.988. The number of carbonyl (C=O) groups excluding carboxylic acids is 1. The number of rotatable bonds is 6. The number of anilines is 2. The summed E-state index contributed by atoms with van der Waals surface area (Å²) in [5.74, 6) is 1.12. The van der Waals surface area contributed by atoms with Crippen LogP contribution in [0.4, 0.5) is 15.9 Å². The van der Waals surface area contributed by atoms with Gasteiger partial charge in [0.2, 0.25) is 0 Å². The van der Waals surface area contributed by atoms with Crippen LogP contribution in [0.5, 0.6) is 0 Å². The minimum Gasteiger partial charge on any atom is -0.366 e. The Labute approximate surface area is 202 Å². The van der Waals surface area contributed by atoms with Crippen LogP contribution in [0.3, 0.4) is 0 Å². The van der Waals surface area contributed by atoms with Gasteiger partial charge >= 0.3 is 0 Å². The summed E-state index contributed by atoms with van der Waals surface area (Å²) in [6.07, 6.45) is 0. The Kier molecular flexibility index (Phi) is 7.35. The number of hydrogen-bond donors (Lipinski definition) is 0.